The van der Waals surface area contributed by atoms with Crippen LogP contribution in [0.1, 0.15) is 50.7 Å². The molecule has 2 aromatic rings. The quantitative estimate of drug-likeness (QED) is 0.785. The normalized spacial score (nSPS) is 11.6. The van der Waals surface area contributed by atoms with Crippen molar-refractivity contribution < 1.29 is 9.18 Å². The average Bonchev–Trinajstić information content (AvgIpc) is 3.02. The molecule has 1 N–H and O–H groups in total. The van der Waals surface area contributed by atoms with Crippen LogP contribution in [0.4, 0.5) is 4.39 Å². The molecule has 1 aromatic carbocycles. The maximum Gasteiger partial charge on any atom is 0.254 e. The van der Waals surface area contributed by atoms with Crippen molar-refractivity contribution in [2.75, 3.05) is 13.1 Å². The van der Waals surface area contributed by atoms with Gasteiger partial charge in [0.05, 0.1) is 23.1 Å². The number of hydrogen-bond acceptors (Lipinski definition) is 3. The van der Waals surface area contributed by atoms with Crippen LogP contribution in [-0.2, 0) is 6.42 Å². The van der Waals surface area contributed by atoms with Crippen LogP contribution in [0.15, 0.2) is 30.5 Å². The number of carbonyl (C=O) groups excluding carboxylic acids is 1. The molecule has 0 aliphatic heterocycles. The zero-order chi connectivity index (χ0) is 19.3. The van der Waals surface area contributed by atoms with Crippen LogP contribution in [0.3, 0.4) is 0 Å². The van der Waals surface area contributed by atoms with Crippen LogP contribution in [-0.4, -0.2) is 45.8 Å². The molecule has 0 fully saturated rings. The van der Waals surface area contributed by atoms with Crippen molar-refractivity contribution in [3.63, 3.8) is 0 Å². The second kappa shape index (κ2) is 8.94. The first-order chi connectivity index (χ1) is 12.3. The molecule has 26 heavy (non-hydrogen) atoms. The zero-order valence-electron chi connectivity index (χ0n) is 16.3. The van der Waals surface area contributed by atoms with Gasteiger partial charge in [0.15, 0.2) is 0 Å². The highest BCUT2D eigenvalue weighted by atomic mass is 19.1. The topological polar surface area (TPSA) is 50.2 Å². The third-order valence-electron chi connectivity index (χ3n) is 4.50. The summed E-state index contributed by atoms with van der Waals surface area (Å²) in [5.74, 6) is -0.417. The van der Waals surface area contributed by atoms with E-state index in [2.05, 4.69) is 43.0 Å². The molecule has 0 radical (unpaired) electrons. The standard InChI is InChI=1S/C20H29FN4O/c1-6-19-18(13-23-25(19)17-9-7-16(21)8-10-17)20(26)22-11-12-24(14(2)3)15(4)5/h7-10,13-15H,6,11-12H2,1-5H3,(H,22,26). The molecule has 1 amide bonds. The minimum atomic E-state index is -0.295. The molecule has 0 aliphatic carbocycles. The van der Waals surface area contributed by atoms with Crippen LogP contribution < -0.4 is 5.32 Å². The third-order valence-corrected chi connectivity index (χ3v) is 4.50. The van der Waals surface area contributed by atoms with E-state index in [9.17, 15) is 9.18 Å². The van der Waals surface area contributed by atoms with E-state index in [1.165, 1.54) is 12.1 Å². The minimum Gasteiger partial charge on any atom is -0.351 e. The molecule has 0 unspecified atom stereocenters. The summed E-state index contributed by atoms with van der Waals surface area (Å²) in [6, 6.07) is 6.96. The summed E-state index contributed by atoms with van der Waals surface area (Å²) in [6.45, 7) is 12.0. The average molecular weight is 360 g/mol. The molecular weight excluding hydrogens is 331 g/mol. The van der Waals surface area contributed by atoms with Crippen molar-refractivity contribution in [2.45, 2.75) is 53.1 Å². The van der Waals surface area contributed by atoms with Gasteiger partial charge in [0, 0.05) is 25.2 Å². The van der Waals surface area contributed by atoms with Crippen LogP contribution in [0.25, 0.3) is 5.69 Å². The summed E-state index contributed by atoms with van der Waals surface area (Å²) >= 11 is 0. The number of aromatic nitrogens is 2. The van der Waals surface area contributed by atoms with Gasteiger partial charge in [-0.2, -0.15) is 5.10 Å². The fourth-order valence-corrected chi connectivity index (χ4v) is 3.21. The van der Waals surface area contributed by atoms with E-state index >= 15 is 0 Å². The van der Waals surface area contributed by atoms with Crippen molar-refractivity contribution >= 4 is 5.91 Å². The number of carbonyl (C=O) groups is 1. The lowest BCUT2D eigenvalue weighted by molar-refractivity contribution is 0.0938. The lowest BCUT2D eigenvalue weighted by atomic mass is 10.2. The van der Waals surface area contributed by atoms with Crippen LogP contribution >= 0.6 is 0 Å². The molecular formula is C20H29FN4O. The Morgan fingerprint density at radius 2 is 1.81 bits per heavy atom. The van der Waals surface area contributed by atoms with Gasteiger partial charge in [-0.05, 0) is 58.4 Å². The highest BCUT2D eigenvalue weighted by molar-refractivity contribution is 5.95. The first-order valence-electron chi connectivity index (χ1n) is 9.21. The molecule has 1 heterocycles. The molecule has 0 saturated carbocycles. The molecule has 142 valence electrons. The summed E-state index contributed by atoms with van der Waals surface area (Å²) in [5, 5.41) is 7.32. The molecule has 5 nitrogen and oxygen atoms in total. The predicted octanol–water partition coefficient (Wildman–Crippen LogP) is 3.42. The van der Waals surface area contributed by atoms with E-state index in [1.807, 2.05) is 6.92 Å². The Morgan fingerprint density at radius 3 is 2.35 bits per heavy atom. The van der Waals surface area contributed by atoms with E-state index in [4.69, 9.17) is 0 Å². The Kier molecular flexibility index (Phi) is 6.91. The van der Waals surface area contributed by atoms with Gasteiger partial charge >= 0.3 is 0 Å². The van der Waals surface area contributed by atoms with Crippen molar-refractivity contribution in [3.8, 4) is 5.69 Å². The minimum absolute atomic E-state index is 0.123. The Balaban J connectivity index is 2.09. The number of benzene rings is 1. The van der Waals surface area contributed by atoms with Gasteiger partial charge in [0.25, 0.3) is 5.91 Å². The van der Waals surface area contributed by atoms with E-state index in [1.54, 1.807) is 23.0 Å². The third kappa shape index (κ3) is 4.69. The summed E-state index contributed by atoms with van der Waals surface area (Å²) in [6.07, 6.45) is 2.24. The first-order valence-corrected chi connectivity index (χ1v) is 9.21. The van der Waals surface area contributed by atoms with E-state index in [0.717, 1.165) is 17.9 Å². The van der Waals surface area contributed by atoms with E-state index in [0.29, 0.717) is 30.6 Å². The zero-order valence-corrected chi connectivity index (χ0v) is 16.3. The lowest BCUT2D eigenvalue weighted by Gasteiger charge is -2.30. The van der Waals surface area contributed by atoms with Gasteiger partial charge in [-0.25, -0.2) is 9.07 Å². The highest BCUT2D eigenvalue weighted by Gasteiger charge is 2.18. The fourth-order valence-electron chi connectivity index (χ4n) is 3.21. The summed E-state index contributed by atoms with van der Waals surface area (Å²) in [7, 11) is 0. The Bertz CT molecular complexity index is 714. The van der Waals surface area contributed by atoms with Crippen LogP contribution in [0.2, 0.25) is 0 Å². The smallest absolute Gasteiger partial charge is 0.254 e. The molecule has 0 atom stereocenters. The number of halogens is 1. The number of nitrogens with zero attached hydrogens (tertiary/aromatic N) is 3. The molecule has 1 aromatic heterocycles. The Morgan fingerprint density at radius 1 is 1.19 bits per heavy atom. The van der Waals surface area contributed by atoms with Crippen molar-refractivity contribution in [1.29, 1.82) is 0 Å². The maximum atomic E-state index is 13.1. The van der Waals surface area contributed by atoms with Gasteiger partial charge < -0.3 is 5.32 Å². The van der Waals surface area contributed by atoms with Crippen molar-refractivity contribution in [1.82, 2.24) is 20.0 Å². The number of amides is 1. The summed E-state index contributed by atoms with van der Waals surface area (Å²) in [5.41, 5.74) is 2.13. The first kappa shape index (κ1) is 20.1. The fraction of sp³-hybridized carbons (Fsp3) is 0.500. The second-order valence-corrected chi connectivity index (χ2v) is 6.93. The van der Waals surface area contributed by atoms with Gasteiger partial charge in [0.2, 0.25) is 0 Å². The van der Waals surface area contributed by atoms with Gasteiger partial charge in [-0.15, -0.1) is 0 Å². The van der Waals surface area contributed by atoms with Crippen molar-refractivity contribution in [3.05, 3.63) is 47.5 Å². The SMILES string of the molecule is CCc1c(C(=O)NCCN(C(C)C)C(C)C)cnn1-c1ccc(F)cc1. The van der Waals surface area contributed by atoms with E-state index in [-0.39, 0.29) is 11.7 Å². The highest BCUT2D eigenvalue weighted by Crippen LogP contribution is 2.16. The van der Waals surface area contributed by atoms with Crippen molar-refractivity contribution in [2.24, 2.45) is 0 Å². The van der Waals surface area contributed by atoms with Gasteiger partial charge in [0.1, 0.15) is 5.82 Å². The number of hydrogen-bond donors (Lipinski definition) is 1. The lowest BCUT2D eigenvalue weighted by Crippen LogP contribution is -2.42. The largest absolute Gasteiger partial charge is 0.351 e. The molecule has 0 spiro atoms. The molecule has 0 saturated heterocycles. The second-order valence-electron chi connectivity index (χ2n) is 6.93. The summed E-state index contributed by atoms with van der Waals surface area (Å²) in [4.78, 5) is 14.9. The van der Waals surface area contributed by atoms with Crippen LogP contribution in [0, 0.1) is 5.82 Å². The predicted molar refractivity (Wildman–Crippen MR) is 102 cm³/mol. The maximum absolute atomic E-state index is 13.1. The number of rotatable bonds is 8. The molecule has 0 bridgehead atoms. The van der Waals surface area contributed by atoms with Gasteiger partial charge in [-0.3, -0.25) is 9.69 Å². The van der Waals surface area contributed by atoms with Crippen LogP contribution in [0.5, 0.6) is 0 Å². The van der Waals surface area contributed by atoms with E-state index < -0.39 is 0 Å². The Labute approximate surface area is 155 Å². The number of nitrogens with one attached hydrogen (secondary N) is 1. The monoisotopic (exact) mass is 360 g/mol. The molecule has 2 rings (SSSR count). The Hall–Kier alpha value is -2.21. The summed E-state index contributed by atoms with van der Waals surface area (Å²) < 4.78 is 14.8. The van der Waals surface area contributed by atoms with Gasteiger partial charge in [-0.1, -0.05) is 6.92 Å². The molecule has 0 aliphatic rings. The molecule has 6 heteroatoms.